The minimum atomic E-state index is -1.31. The van der Waals surface area contributed by atoms with Gasteiger partial charge in [0.2, 0.25) is 0 Å². The van der Waals surface area contributed by atoms with E-state index in [1.807, 2.05) is 0 Å². The fourth-order valence-corrected chi connectivity index (χ4v) is 3.38. The van der Waals surface area contributed by atoms with Gasteiger partial charge in [-0.25, -0.2) is 14.6 Å². The Labute approximate surface area is 177 Å². The number of nitrogens with zero attached hydrogens (tertiary/aromatic N) is 2. The van der Waals surface area contributed by atoms with Crippen molar-refractivity contribution in [2.75, 3.05) is 0 Å². The average molecular weight is 431 g/mol. The fraction of sp³-hybridized carbons (Fsp3) is 0.0952. The Bertz CT molecular complexity index is 1020. The molecule has 1 N–H and O–H groups in total. The summed E-state index contributed by atoms with van der Waals surface area (Å²) in [6.07, 6.45) is 1.19. The summed E-state index contributed by atoms with van der Waals surface area (Å²) in [4.78, 5) is 28.3. The van der Waals surface area contributed by atoms with Crippen LogP contribution in [0.1, 0.15) is 32.0 Å². The summed E-state index contributed by atoms with van der Waals surface area (Å²) in [5, 5.41) is 23.8. The van der Waals surface area contributed by atoms with Crippen molar-refractivity contribution in [3.05, 3.63) is 104 Å². The van der Waals surface area contributed by atoms with Gasteiger partial charge >= 0.3 is 11.9 Å². The second-order valence-electron chi connectivity index (χ2n) is 6.51. The number of halogens is 2. The molecular formula is C21H16Cl2N2O4. The molecule has 1 heterocycles. The van der Waals surface area contributed by atoms with E-state index in [9.17, 15) is 19.9 Å². The summed E-state index contributed by atoms with van der Waals surface area (Å²) in [6.45, 7) is -0.407. The molecule has 0 spiro atoms. The molecule has 0 radical (unpaired) electrons. The summed E-state index contributed by atoms with van der Waals surface area (Å²) >= 11 is 12.0. The molecule has 8 heteroatoms. The van der Waals surface area contributed by atoms with Gasteiger partial charge in [-0.2, -0.15) is 0 Å². The first-order valence-corrected chi connectivity index (χ1v) is 9.34. The van der Waals surface area contributed by atoms with E-state index < -0.39 is 16.5 Å². The summed E-state index contributed by atoms with van der Waals surface area (Å²) in [5.74, 6) is -2.07. The number of carboxylic acid groups (broad SMARTS) is 1. The number of carbonyl (C=O) groups excluding carboxylic acids is 1. The molecular weight excluding hydrogens is 415 g/mol. The highest BCUT2D eigenvalue weighted by atomic mass is 35.5. The predicted octanol–water partition coefficient (Wildman–Crippen LogP) is 4.94. The lowest BCUT2D eigenvalue weighted by Gasteiger charge is -2.39. The zero-order chi connectivity index (χ0) is 21.0. The van der Waals surface area contributed by atoms with Gasteiger partial charge in [-0.1, -0.05) is 47.5 Å². The Morgan fingerprint density at radius 2 is 1.48 bits per heavy atom. The molecule has 1 aromatic heterocycles. The van der Waals surface area contributed by atoms with E-state index in [0.29, 0.717) is 21.2 Å². The molecule has 6 nitrogen and oxygen atoms in total. The minimum Gasteiger partial charge on any atom is -0.624 e. The number of carbonyl (C=O) groups is 2. The highest BCUT2D eigenvalue weighted by Crippen LogP contribution is 2.25. The summed E-state index contributed by atoms with van der Waals surface area (Å²) in [7, 11) is 0. The van der Waals surface area contributed by atoms with Crippen LogP contribution in [-0.2, 0) is 13.1 Å². The van der Waals surface area contributed by atoms with Crippen LogP contribution in [0.4, 0.5) is 0 Å². The molecule has 29 heavy (non-hydrogen) atoms. The van der Waals surface area contributed by atoms with Crippen molar-refractivity contribution >= 4 is 35.1 Å². The molecule has 0 saturated carbocycles. The topological polar surface area (TPSA) is 90.3 Å². The van der Waals surface area contributed by atoms with Gasteiger partial charge in [-0.05, 0) is 36.4 Å². The normalized spacial score (nSPS) is 11.3. The van der Waals surface area contributed by atoms with Crippen LogP contribution >= 0.6 is 23.2 Å². The highest BCUT2D eigenvalue weighted by molar-refractivity contribution is 6.30. The van der Waals surface area contributed by atoms with Crippen molar-refractivity contribution in [2.45, 2.75) is 13.1 Å². The van der Waals surface area contributed by atoms with Gasteiger partial charge in [0, 0.05) is 27.4 Å². The number of pyridine rings is 1. The van der Waals surface area contributed by atoms with Crippen LogP contribution in [0.3, 0.4) is 0 Å². The van der Waals surface area contributed by atoms with Gasteiger partial charge in [0.15, 0.2) is 5.69 Å². The standard InChI is InChI=1S/C21H16Cl2N2O4/c22-17-5-1-3-14(9-17)12-25(29,13-15-4-2-6-18(23)10-15)20(26)19-11-16(21(27)28)7-8-24-19/h1-11H,12-13H2,(H,27,28). The maximum absolute atomic E-state index is 13.8. The first-order valence-electron chi connectivity index (χ1n) is 8.58. The Balaban J connectivity index is 2.02. The van der Waals surface area contributed by atoms with E-state index in [-0.39, 0.29) is 24.3 Å². The molecule has 0 aliphatic rings. The molecule has 0 saturated heterocycles. The van der Waals surface area contributed by atoms with Gasteiger partial charge in [-0.15, -0.1) is 0 Å². The number of amides is 1. The Kier molecular flexibility index (Phi) is 6.30. The molecule has 3 aromatic rings. The number of hydrogen-bond acceptors (Lipinski definition) is 4. The van der Waals surface area contributed by atoms with Gasteiger partial charge < -0.3 is 10.3 Å². The van der Waals surface area contributed by atoms with Crippen LogP contribution in [0.5, 0.6) is 0 Å². The van der Waals surface area contributed by atoms with Crippen LogP contribution < -0.4 is 0 Å². The van der Waals surface area contributed by atoms with Crippen molar-refractivity contribution in [1.29, 1.82) is 0 Å². The van der Waals surface area contributed by atoms with E-state index in [0.717, 1.165) is 6.07 Å². The van der Waals surface area contributed by atoms with Gasteiger partial charge in [0.05, 0.1) is 5.56 Å². The predicted molar refractivity (Wildman–Crippen MR) is 109 cm³/mol. The van der Waals surface area contributed by atoms with Crippen molar-refractivity contribution in [1.82, 2.24) is 4.98 Å². The summed E-state index contributed by atoms with van der Waals surface area (Å²) in [6, 6.07) is 15.7. The van der Waals surface area contributed by atoms with Crippen molar-refractivity contribution in [2.24, 2.45) is 0 Å². The highest BCUT2D eigenvalue weighted by Gasteiger charge is 2.31. The molecule has 2 aromatic carbocycles. The van der Waals surface area contributed by atoms with E-state index in [1.54, 1.807) is 48.5 Å². The van der Waals surface area contributed by atoms with Gasteiger partial charge in [0.1, 0.15) is 13.1 Å². The lowest BCUT2D eigenvalue weighted by Crippen LogP contribution is -2.46. The Morgan fingerprint density at radius 3 is 1.97 bits per heavy atom. The lowest BCUT2D eigenvalue weighted by molar-refractivity contribution is -0.826. The first-order chi connectivity index (χ1) is 13.8. The van der Waals surface area contributed by atoms with Crippen molar-refractivity contribution < 1.29 is 19.3 Å². The quantitative estimate of drug-likeness (QED) is 0.441. The third-order valence-electron chi connectivity index (χ3n) is 4.25. The molecule has 0 aliphatic heterocycles. The molecule has 0 atom stereocenters. The first kappa shape index (κ1) is 21.0. The lowest BCUT2D eigenvalue weighted by atomic mass is 10.1. The smallest absolute Gasteiger partial charge is 0.364 e. The van der Waals surface area contributed by atoms with E-state index in [2.05, 4.69) is 4.98 Å². The number of aromatic carboxylic acids is 1. The fourth-order valence-electron chi connectivity index (χ4n) is 2.95. The van der Waals surface area contributed by atoms with E-state index in [1.165, 1.54) is 12.3 Å². The average Bonchev–Trinajstić information content (AvgIpc) is 2.67. The van der Waals surface area contributed by atoms with Crippen molar-refractivity contribution in [3.63, 3.8) is 0 Å². The summed E-state index contributed by atoms with van der Waals surface area (Å²) in [5.41, 5.74) is 0.791. The molecule has 0 bridgehead atoms. The number of aromatic nitrogens is 1. The number of hydroxylamine groups is 3. The third-order valence-corrected chi connectivity index (χ3v) is 4.72. The molecule has 1 amide bonds. The molecule has 0 aliphatic carbocycles. The SMILES string of the molecule is O=C(O)c1ccnc(C(=O)[N+]([O-])(Cc2cccc(Cl)c2)Cc2cccc(Cl)c2)c1. The van der Waals surface area contributed by atoms with Crippen LogP contribution in [-0.4, -0.2) is 26.6 Å². The Hall–Kier alpha value is -2.77. The number of hydrogen-bond donors (Lipinski definition) is 1. The molecule has 3 rings (SSSR count). The number of benzene rings is 2. The van der Waals surface area contributed by atoms with Crippen molar-refractivity contribution in [3.8, 4) is 0 Å². The van der Waals surface area contributed by atoms with Gasteiger partial charge in [-0.3, -0.25) is 4.65 Å². The zero-order valence-electron chi connectivity index (χ0n) is 15.1. The second kappa shape index (κ2) is 8.71. The van der Waals surface area contributed by atoms with Crippen LogP contribution in [0.2, 0.25) is 10.0 Å². The second-order valence-corrected chi connectivity index (χ2v) is 7.38. The Morgan fingerprint density at radius 1 is 0.931 bits per heavy atom. The largest absolute Gasteiger partial charge is 0.624 e. The molecule has 0 unspecified atom stereocenters. The monoisotopic (exact) mass is 430 g/mol. The maximum Gasteiger partial charge on any atom is 0.364 e. The molecule has 148 valence electrons. The third kappa shape index (κ3) is 5.19. The van der Waals surface area contributed by atoms with E-state index in [4.69, 9.17) is 23.2 Å². The van der Waals surface area contributed by atoms with Crippen LogP contribution in [0.15, 0.2) is 66.9 Å². The van der Waals surface area contributed by atoms with Crippen LogP contribution in [0, 0.1) is 5.21 Å². The van der Waals surface area contributed by atoms with E-state index >= 15 is 0 Å². The number of carboxylic acids is 1. The minimum absolute atomic E-state index is 0.125. The van der Waals surface area contributed by atoms with Gasteiger partial charge in [0.25, 0.3) is 0 Å². The maximum atomic E-state index is 13.8. The zero-order valence-corrected chi connectivity index (χ0v) is 16.6. The van der Waals surface area contributed by atoms with Crippen LogP contribution in [0.25, 0.3) is 0 Å². The summed E-state index contributed by atoms with van der Waals surface area (Å²) < 4.78 is -1.31. The molecule has 0 fully saturated rings. The number of quaternary nitrogens is 1. The number of rotatable bonds is 6.